The minimum atomic E-state index is -0.558. The van der Waals surface area contributed by atoms with Gasteiger partial charge in [-0.25, -0.2) is 0 Å². The zero-order valence-corrected chi connectivity index (χ0v) is 16.3. The fraction of sp³-hybridized carbons (Fsp3) is 0.0952. The van der Waals surface area contributed by atoms with Crippen molar-refractivity contribution >= 4 is 29.1 Å². The third-order valence-electron chi connectivity index (χ3n) is 4.12. The maximum Gasteiger partial charge on any atom is 0.288 e. The Kier molecular flexibility index (Phi) is 5.99. The minimum Gasteiger partial charge on any atom is -0.493 e. The summed E-state index contributed by atoms with van der Waals surface area (Å²) in [4.78, 5) is 22.9. The van der Waals surface area contributed by atoms with Gasteiger partial charge in [0.2, 0.25) is 0 Å². The monoisotopic (exact) mass is 413 g/mol. The van der Waals surface area contributed by atoms with Crippen LogP contribution in [0.15, 0.2) is 59.0 Å². The summed E-state index contributed by atoms with van der Waals surface area (Å²) in [6, 6.07) is 12.6. The summed E-state index contributed by atoms with van der Waals surface area (Å²) in [5.41, 5.74) is 0.729. The summed E-state index contributed by atoms with van der Waals surface area (Å²) in [5, 5.41) is 11.1. The van der Waals surface area contributed by atoms with Crippen LogP contribution in [0.1, 0.15) is 16.1 Å². The molecule has 8 heteroatoms. The highest BCUT2D eigenvalue weighted by molar-refractivity contribution is 6.32. The number of methoxy groups -OCH3 is 2. The number of nitro benzene ring substituents is 1. The second kappa shape index (κ2) is 8.62. The maximum atomic E-state index is 12.4. The molecule has 0 fully saturated rings. The zero-order chi connectivity index (χ0) is 21.0. The number of allylic oxidation sites excluding steroid dienone is 1. The summed E-state index contributed by atoms with van der Waals surface area (Å²) in [7, 11) is 3.01. The smallest absolute Gasteiger partial charge is 0.288 e. The zero-order valence-electron chi connectivity index (χ0n) is 15.5. The first-order valence-electron chi connectivity index (χ1n) is 8.41. The Morgan fingerprint density at radius 1 is 1.07 bits per heavy atom. The molecule has 0 spiro atoms. The lowest BCUT2D eigenvalue weighted by molar-refractivity contribution is -0.384. The van der Waals surface area contributed by atoms with Crippen molar-refractivity contribution in [2.75, 3.05) is 14.2 Å². The molecule has 0 aliphatic rings. The number of benzene rings is 2. The van der Waals surface area contributed by atoms with Crippen molar-refractivity contribution in [2.24, 2.45) is 0 Å². The third kappa shape index (κ3) is 4.47. The summed E-state index contributed by atoms with van der Waals surface area (Å²) >= 11 is 5.83. The molecule has 1 heterocycles. The maximum absolute atomic E-state index is 12.4. The quantitative estimate of drug-likeness (QED) is 0.222. The fourth-order valence-electron chi connectivity index (χ4n) is 2.65. The highest BCUT2D eigenvalue weighted by Crippen LogP contribution is 2.31. The molecule has 148 valence electrons. The number of ketones is 1. The number of furan rings is 1. The molecule has 3 aromatic rings. The molecular weight excluding hydrogens is 398 g/mol. The lowest BCUT2D eigenvalue weighted by atomic mass is 10.1. The summed E-state index contributed by atoms with van der Waals surface area (Å²) < 4.78 is 16.0. The fourth-order valence-corrected chi connectivity index (χ4v) is 2.83. The normalized spacial score (nSPS) is 10.9. The van der Waals surface area contributed by atoms with E-state index >= 15 is 0 Å². The largest absolute Gasteiger partial charge is 0.493 e. The molecule has 0 N–H and O–H groups in total. The van der Waals surface area contributed by atoms with Crippen molar-refractivity contribution in [3.05, 3.63) is 81.1 Å². The molecule has 1 aromatic heterocycles. The number of hydrogen-bond acceptors (Lipinski definition) is 6. The van der Waals surface area contributed by atoms with Gasteiger partial charge in [0.05, 0.1) is 19.1 Å². The van der Waals surface area contributed by atoms with E-state index < -0.39 is 4.92 Å². The van der Waals surface area contributed by atoms with Crippen LogP contribution in [-0.4, -0.2) is 24.9 Å². The summed E-state index contributed by atoms with van der Waals surface area (Å²) in [6.07, 6.45) is 2.89. The second-order valence-corrected chi connectivity index (χ2v) is 6.30. The van der Waals surface area contributed by atoms with Crippen molar-refractivity contribution < 1.29 is 23.6 Å². The molecule has 0 atom stereocenters. The Morgan fingerprint density at radius 3 is 2.52 bits per heavy atom. The number of nitro groups is 1. The van der Waals surface area contributed by atoms with Gasteiger partial charge in [-0.1, -0.05) is 11.6 Å². The van der Waals surface area contributed by atoms with Gasteiger partial charge in [0, 0.05) is 17.2 Å². The van der Waals surface area contributed by atoms with Crippen LogP contribution >= 0.6 is 11.6 Å². The predicted octanol–water partition coefficient (Wildman–Crippen LogP) is 5.42. The van der Waals surface area contributed by atoms with Crippen molar-refractivity contribution in [1.82, 2.24) is 0 Å². The highest BCUT2D eigenvalue weighted by atomic mass is 35.5. The van der Waals surface area contributed by atoms with Crippen LogP contribution in [0, 0.1) is 10.1 Å². The Morgan fingerprint density at radius 2 is 1.83 bits per heavy atom. The molecule has 0 unspecified atom stereocenters. The first-order valence-corrected chi connectivity index (χ1v) is 8.79. The Labute approximate surface area is 171 Å². The second-order valence-electron chi connectivity index (χ2n) is 5.89. The lowest BCUT2D eigenvalue weighted by Crippen LogP contribution is -1.97. The van der Waals surface area contributed by atoms with Crippen LogP contribution in [-0.2, 0) is 0 Å². The van der Waals surface area contributed by atoms with Crippen molar-refractivity contribution in [2.45, 2.75) is 0 Å². The van der Waals surface area contributed by atoms with Gasteiger partial charge in [-0.2, -0.15) is 0 Å². The third-order valence-corrected chi connectivity index (χ3v) is 4.44. The van der Waals surface area contributed by atoms with Gasteiger partial charge in [0.25, 0.3) is 5.69 Å². The number of carbonyl (C=O) groups is 1. The SMILES string of the molecule is COc1ccc(C(=O)/C=C/c2ccc(-c3ccc(Cl)c([N+](=O)[O-])c3)o2)cc1OC. The number of ether oxygens (including phenoxy) is 2. The highest BCUT2D eigenvalue weighted by Gasteiger charge is 2.15. The first-order chi connectivity index (χ1) is 13.9. The summed E-state index contributed by atoms with van der Waals surface area (Å²) in [6.45, 7) is 0. The van der Waals surface area contributed by atoms with Gasteiger partial charge in [0.15, 0.2) is 17.3 Å². The van der Waals surface area contributed by atoms with E-state index in [1.807, 2.05) is 0 Å². The van der Waals surface area contributed by atoms with Crippen molar-refractivity contribution in [3.8, 4) is 22.8 Å². The van der Waals surface area contributed by atoms with E-state index in [2.05, 4.69) is 0 Å². The van der Waals surface area contributed by atoms with Crippen molar-refractivity contribution in [1.29, 1.82) is 0 Å². The van der Waals surface area contributed by atoms with E-state index in [1.165, 1.54) is 38.5 Å². The first kappa shape index (κ1) is 20.2. The molecule has 0 saturated heterocycles. The van der Waals surface area contributed by atoms with Crippen LogP contribution in [0.25, 0.3) is 17.4 Å². The van der Waals surface area contributed by atoms with Crippen molar-refractivity contribution in [3.63, 3.8) is 0 Å². The van der Waals surface area contributed by atoms with E-state index in [4.69, 9.17) is 25.5 Å². The van der Waals surface area contributed by atoms with E-state index in [0.29, 0.717) is 34.1 Å². The molecule has 0 amide bonds. The molecule has 3 rings (SSSR count). The summed E-state index contributed by atoms with van der Waals surface area (Å²) in [5.74, 6) is 1.58. The standard InChI is InChI=1S/C21H16ClNO6/c1-27-20-9-4-13(12-21(20)28-2)18(24)8-5-15-6-10-19(29-15)14-3-7-16(22)17(11-14)23(25)26/h3-12H,1-2H3/b8-5+. The average molecular weight is 414 g/mol. The topological polar surface area (TPSA) is 91.8 Å². The predicted molar refractivity (Wildman–Crippen MR) is 109 cm³/mol. The molecule has 0 bridgehead atoms. The molecule has 0 aliphatic carbocycles. The molecule has 29 heavy (non-hydrogen) atoms. The van der Waals surface area contributed by atoms with E-state index in [-0.39, 0.29) is 16.5 Å². The minimum absolute atomic E-state index is 0.0472. The lowest BCUT2D eigenvalue weighted by Gasteiger charge is -2.07. The van der Waals surface area contributed by atoms with Crippen LogP contribution < -0.4 is 9.47 Å². The van der Waals surface area contributed by atoms with Gasteiger partial charge >= 0.3 is 0 Å². The molecule has 0 aliphatic heterocycles. The van der Waals surface area contributed by atoms with Gasteiger partial charge in [-0.05, 0) is 54.6 Å². The van der Waals surface area contributed by atoms with E-state index in [1.54, 1.807) is 36.4 Å². The number of halogens is 1. The number of nitrogens with zero attached hydrogens (tertiary/aromatic N) is 1. The number of rotatable bonds is 7. The Hall–Kier alpha value is -3.58. The van der Waals surface area contributed by atoms with Crippen LogP contribution in [0.5, 0.6) is 11.5 Å². The van der Waals surface area contributed by atoms with Crippen LogP contribution in [0.3, 0.4) is 0 Å². The van der Waals surface area contributed by atoms with E-state index in [9.17, 15) is 14.9 Å². The molecule has 0 radical (unpaired) electrons. The Bertz CT molecular complexity index is 1100. The average Bonchev–Trinajstić information content (AvgIpc) is 3.20. The molecule has 2 aromatic carbocycles. The molecule has 7 nitrogen and oxygen atoms in total. The van der Waals surface area contributed by atoms with Gasteiger partial charge in [-0.15, -0.1) is 0 Å². The van der Waals surface area contributed by atoms with E-state index in [0.717, 1.165) is 0 Å². The van der Waals surface area contributed by atoms with Crippen LogP contribution in [0.4, 0.5) is 5.69 Å². The molecular formula is C21H16ClNO6. The van der Waals surface area contributed by atoms with Gasteiger partial charge < -0.3 is 13.9 Å². The number of carbonyl (C=O) groups excluding carboxylic acids is 1. The van der Waals surface area contributed by atoms with Crippen LogP contribution in [0.2, 0.25) is 5.02 Å². The number of hydrogen-bond donors (Lipinski definition) is 0. The van der Waals surface area contributed by atoms with Gasteiger partial charge in [0.1, 0.15) is 16.5 Å². The van der Waals surface area contributed by atoms with Gasteiger partial charge in [-0.3, -0.25) is 14.9 Å². The Balaban J connectivity index is 1.80. The molecule has 0 saturated carbocycles.